The molecule has 0 atom stereocenters. The number of alkyl halides is 3. The Morgan fingerprint density at radius 2 is 1.92 bits per heavy atom. The van der Waals surface area contributed by atoms with Gasteiger partial charge < -0.3 is 15.0 Å². The number of carbonyl (C=O) groups excluding carboxylic acids is 1. The maximum Gasteiger partial charge on any atom is 0.417 e. The zero-order valence-electron chi connectivity index (χ0n) is 20.1. The number of aryl methyl sites for hydroxylation is 1. The van der Waals surface area contributed by atoms with Crippen molar-refractivity contribution < 1.29 is 31.5 Å². The molecule has 12 heteroatoms. The van der Waals surface area contributed by atoms with Crippen LogP contribution in [0.2, 0.25) is 5.02 Å². The van der Waals surface area contributed by atoms with E-state index in [-0.39, 0.29) is 42.0 Å². The zero-order chi connectivity index (χ0) is 27.6. The maximum atomic E-state index is 15.4. The van der Waals surface area contributed by atoms with Crippen molar-refractivity contribution in [3.8, 4) is 11.4 Å². The second-order valence-electron chi connectivity index (χ2n) is 8.99. The molecule has 38 heavy (non-hydrogen) atoms. The van der Waals surface area contributed by atoms with Crippen molar-refractivity contribution in [3.05, 3.63) is 85.8 Å². The molecule has 3 aromatic rings. The Hall–Kier alpha value is -3.31. The highest BCUT2D eigenvalue weighted by atomic mass is 35.5. The fourth-order valence-corrected chi connectivity index (χ4v) is 4.43. The smallest absolute Gasteiger partial charge is 0.373 e. The van der Waals surface area contributed by atoms with Gasteiger partial charge in [0.25, 0.3) is 5.56 Å². The first kappa shape index (κ1) is 27.7. The Morgan fingerprint density at radius 3 is 2.58 bits per heavy atom. The molecule has 2 N–H and O–H groups in total. The van der Waals surface area contributed by atoms with Crippen LogP contribution >= 0.6 is 11.6 Å². The van der Waals surface area contributed by atoms with E-state index < -0.39 is 52.1 Å². The topological polar surface area (TPSA) is 84.1 Å². The van der Waals surface area contributed by atoms with Crippen LogP contribution in [0.1, 0.15) is 42.1 Å². The van der Waals surface area contributed by atoms with E-state index >= 15 is 4.39 Å². The SMILES string of the molecule is CCc1cc(=O)[nH]c(-c2c(C(F)(F)F)ccc(CNC(=O)C3CC(OCc4cc(F)cc(Cl)c4)C3)c2F)n1. The van der Waals surface area contributed by atoms with Crippen molar-refractivity contribution in [1.29, 1.82) is 0 Å². The summed E-state index contributed by atoms with van der Waals surface area (Å²) in [4.78, 5) is 30.6. The molecule has 0 bridgehead atoms. The number of rotatable bonds is 8. The monoisotopic (exact) mass is 555 g/mol. The lowest BCUT2D eigenvalue weighted by atomic mass is 9.81. The second kappa shape index (κ2) is 11.2. The van der Waals surface area contributed by atoms with Crippen molar-refractivity contribution >= 4 is 17.5 Å². The number of halogens is 6. The summed E-state index contributed by atoms with van der Waals surface area (Å²) in [6, 6.07) is 6.82. The lowest BCUT2D eigenvalue weighted by Gasteiger charge is -2.34. The number of nitrogens with one attached hydrogen (secondary N) is 2. The normalized spacial score (nSPS) is 17.2. The number of amides is 1. The molecule has 6 nitrogen and oxygen atoms in total. The first-order chi connectivity index (χ1) is 17.9. The molecular weight excluding hydrogens is 533 g/mol. The van der Waals surface area contributed by atoms with Crippen LogP contribution in [0.5, 0.6) is 0 Å². The van der Waals surface area contributed by atoms with Crippen molar-refractivity contribution in [3.63, 3.8) is 0 Å². The number of nitrogens with zero attached hydrogens (tertiary/aromatic N) is 1. The maximum absolute atomic E-state index is 15.4. The predicted octanol–water partition coefficient (Wildman–Crippen LogP) is 5.56. The van der Waals surface area contributed by atoms with Gasteiger partial charge >= 0.3 is 6.18 Å². The lowest BCUT2D eigenvalue weighted by Crippen LogP contribution is -2.42. The van der Waals surface area contributed by atoms with Gasteiger partial charge in [-0.15, -0.1) is 0 Å². The fraction of sp³-hybridized carbons (Fsp3) is 0.346. The van der Waals surface area contributed by atoms with Crippen LogP contribution in [0.25, 0.3) is 11.4 Å². The Morgan fingerprint density at radius 1 is 1.18 bits per heavy atom. The van der Waals surface area contributed by atoms with Gasteiger partial charge in [-0.1, -0.05) is 24.6 Å². The third kappa shape index (κ3) is 6.39. The van der Waals surface area contributed by atoms with Gasteiger partial charge in [0, 0.05) is 34.8 Å². The number of ether oxygens (including phenoxy) is 1. The molecule has 0 spiro atoms. The standard InChI is InChI=1S/C26H23ClF5N3O3/c1-2-18-10-21(36)35-24(34-18)22-20(26(30,31)32)4-3-14(23(22)29)11-33-25(37)15-7-19(8-15)38-12-13-5-16(27)9-17(28)6-13/h3-6,9-10,15,19H,2,7-8,11-12H2,1H3,(H,33,37)(H,34,35,36). The minimum atomic E-state index is -4.91. The van der Waals surface area contributed by atoms with E-state index in [1.54, 1.807) is 13.0 Å². The largest absolute Gasteiger partial charge is 0.417 e. The molecule has 0 saturated heterocycles. The molecule has 1 saturated carbocycles. The van der Waals surface area contributed by atoms with E-state index in [9.17, 15) is 27.2 Å². The van der Waals surface area contributed by atoms with Crippen molar-refractivity contribution in [1.82, 2.24) is 15.3 Å². The van der Waals surface area contributed by atoms with Crippen molar-refractivity contribution in [2.75, 3.05) is 0 Å². The zero-order valence-corrected chi connectivity index (χ0v) is 20.9. The molecule has 1 aliphatic carbocycles. The Kier molecular flexibility index (Phi) is 8.17. The molecule has 1 fully saturated rings. The number of benzene rings is 2. The van der Waals surface area contributed by atoms with Gasteiger partial charge in [-0.3, -0.25) is 9.59 Å². The first-order valence-electron chi connectivity index (χ1n) is 11.8. The number of aromatic nitrogens is 2. The fourth-order valence-electron chi connectivity index (χ4n) is 4.18. The lowest BCUT2D eigenvalue weighted by molar-refractivity contribution is -0.137. The summed E-state index contributed by atoms with van der Waals surface area (Å²) in [5, 5.41) is 2.79. The summed E-state index contributed by atoms with van der Waals surface area (Å²) in [5.41, 5.74) is -2.32. The van der Waals surface area contributed by atoms with E-state index in [2.05, 4.69) is 15.3 Å². The molecule has 202 valence electrons. The minimum absolute atomic E-state index is 0.116. The van der Waals surface area contributed by atoms with Gasteiger partial charge in [0.1, 0.15) is 17.5 Å². The number of hydrogen-bond acceptors (Lipinski definition) is 4. The summed E-state index contributed by atoms with van der Waals surface area (Å²) >= 11 is 5.82. The Labute approximate surface area is 219 Å². The van der Waals surface area contributed by atoms with E-state index in [1.807, 2.05) is 0 Å². The highest BCUT2D eigenvalue weighted by Crippen LogP contribution is 2.38. The Balaban J connectivity index is 1.42. The molecule has 1 aliphatic rings. The molecule has 4 rings (SSSR count). The third-order valence-corrected chi connectivity index (χ3v) is 6.47. The van der Waals surface area contributed by atoms with Crippen LogP contribution in [0.15, 0.2) is 41.2 Å². The summed E-state index contributed by atoms with van der Waals surface area (Å²) < 4.78 is 75.4. The highest BCUT2D eigenvalue weighted by Gasteiger charge is 2.38. The molecule has 0 unspecified atom stereocenters. The second-order valence-corrected chi connectivity index (χ2v) is 9.43. The van der Waals surface area contributed by atoms with Gasteiger partial charge in [0.05, 0.1) is 23.8 Å². The minimum Gasteiger partial charge on any atom is -0.373 e. The number of aromatic amines is 1. The van der Waals surface area contributed by atoms with Crippen molar-refractivity contribution in [2.24, 2.45) is 5.92 Å². The molecule has 1 amide bonds. The third-order valence-electron chi connectivity index (χ3n) is 6.25. The number of carbonyl (C=O) groups is 1. The summed E-state index contributed by atoms with van der Waals surface area (Å²) in [5.74, 6) is -3.09. The van der Waals surface area contributed by atoms with Gasteiger partial charge in [0.2, 0.25) is 5.91 Å². The predicted molar refractivity (Wildman–Crippen MR) is 129 cm³/mol. The van der Waals surface area contributed by atoms with E-state index in [0.717, 1.165) is 12.1 Å². The van der Waals surface area contributed by atoms with Gasteiger partial charge in [-0.2, -0.15) is 13.2 Å². The average Bonchev–Trinajstić information content (AvgIpc) is 2.80. The quantitative estimate of drug-likeness (QED) is 0.356. The van der Waals surface area contributed by atoms with Gasteiger partial charge in [-0.25, -0.2) is 13.8 Å². The van der Waals surface area contributed by atoms with Gasteiger partial charge in [-0.05, 0) is 49.1 Å². The highest BCUT2D eigenvalue weighted by molar-refractivity contribution is 6.30. The van der Waals surface area contributed by atoms with Gasteiger partial charge in [0.15, 0.2) is 0 Å². The molecule has 2 aromatic carbocycles. The van der Waals surface area contributed by atoms with E-state index in [0.29, 0.717) is 24.5 Å². The summed E-state index contributed by atoms with van der Waals surface area (Å²) in [7, 11) is 0. The average molecular weight is 556 g/mol. The van der Waals surface area contributed by atoms with Crippen LogP contribution in [0, 0.1) is 17.6 Å². The molecule has 0 aliphatic heterocycles. The Bertz CT molecular complexity index is 1380. The number of H-pyrrole nitrogens is 1. The molecular formula is C26H23ClF5N3O3. The summed E-state index contributed by atoms with van der Waals surface area (Å²) in [6.45, 7) is 1.41. The molecule has 0 radical (unpaired) electrons. The van der Waals surface area contributed by atoms with Crippen LogP contribution in [-0.2, 0) is 35.3 Å². The van der Waals surface area contributed by atoms with Crippen LogP contribution in [0.3, 0.4) is 0 Å². The van der Waals surface area contributed by atoms with E-state index in [4.69, 9.17) is 16.3 Å². The summed E-state index contributed by atoms with van der Waals surface area (Å²) in [6.07, 6.45) is -4.13. The number of hydrogen-bond donors (Lipinski definition) is 2. The van der Waals surface area contributed by atoms with E-state index in [1.165, 1.54) is 12.1 Å². The molecule has 1 aromatic heterocycles. The van der Waals surface area contributed by atoms with Crippen LogP contribution < -0.4 is 10.9 Å². The van der Waals surface area contributed by atoms with Crippen LogP contribution in [0.4, 0.5) is 22.0 Å². The van der Waals surface area contributed by atoms with Crippen molar-refractivity contribution in [2.45, 2.75) is 51.6 Å². The molecule has 1 heterocycles. The van der Waals surface area contributed by atoms with Crippen LogP contribution in [-0.4, -0.2) is 22.0 Å². The first-order valence-corrected chi connectivity index (χ1v) is 12.2.